The van der Waals surface area contributed by atoms with Crippen molar-refractivity contribution >= 4 is 29.1 Å². The molecule has 2 heterocycles. The molecule has 1 unspecified atom stereocenters. The van der Waals surface area contributed by atoms with E-state index >= 15 is 0 Å². The number of anilines is 3. The van der Waals surface area contributed by atoms with E-state index in [2.05, 4.69) is 15.3 Å². The molecular formula is C22H20N4O3. The fourth-order valence-corrected chi connectivity index (χ4v) is 3.52. The number of amides is 1. The number of benzene rings is 2. The number of para-hydroxylation sites is 2. The molecule has 1 N–H and O–H groups in total. The average molecular weight is 388 g/mol. The van der Waals surface area contributed by atoms with Crippen LogP contribution in [-0.4, -0.2) is 35.0 Å². The number of hydrogen-bond donors (Lipinski definition) is 1. The zero-order valence-electron chi connectivity index (χ0n) is 16.1. The molecular weight excluding hydrogens is 368 g/mol. The smallest absolute Gasteiger partial charge is 0.339 e. The molecule has 0 saturated carbocycles. The minimum atomic E-state index is -0.449. The van der Waals surface area contributed by atoms with Gasteiger partial charge in [-0.25, -0.2) is 14.8 Å². The van der Waals surface area contributed by atoms with Crippen molar-refractivity contribution < 1.29 is 14.3 Å². The highest BCUT2D eigenvalue weighted by Crippen LogP contribution is 2.32. The standard InChI is InChI=1S/C22H20N4O3/c1-14-11-15-7-3-6-10-19(15)26(14)21(27)18-12-24-20(13-23-18)25-17-9-5-4-8-16(17)22(28)29-2/h3-10,12-14H,11H2,1-2H3,(H,24,25). The maximum Gasteiger partial charge on any atom is 0.339 e. The summed E-state index contributed by atoms with van der Waals surface area (Å²) in [7, 11) is 1.33. The van der Waals surface area contributed by atoms with Gasteiger partial charge in [0.15, 0.2) is 0 Å². The van der Waals surface area contributed by atoms with Gasteiger partial charge in [-0.2, -0.15) is 0 Å². The van der Waals surface area contributed by atoms with Gasteiger partial charge >= 0.3 is 5.97 Å². The molecule has 0 fully saturated rings. The minimum Gasteiger partial charge on any atom is -0.465 e. The van der Waals surface area contributed by atoms with Gasteiger partial charge in [-0.3, -0.25) is 4.79 Å². The van der Waals surface area contributed by atoms with Crippen molar-refractivity contribution in [3.63, 3.8) is 0 Å². The summed E-state index contributed by atoms with van der Waals surface area (Å²) in [6.45, 7) is 2.02. The number of rotatable bonds is 4. The number of nitrogens with zero attached hydrogens (tertiary/aromatic N) is 3. The van der Waals surface area contributed by atoms with E-state index in [4.69, 9.17) is 4.74 Å². The van der Waals surface area contributed by atoms with E-state index in [1.807, 2.05) is 31.2 Å². The molecule has 3 aromatic rings. The highest BCUT2D eigenvalue weighted by atomic mass is 16.5. The summed E-state index contributed by atoms with van der Waals surface area (Å²) in [6.07, 6.45) is 3.74. The van der Waals surface area contributed by atoms with Gasteiger partial charge in [0.2, 0.25) is 0 Å². The van der Waals surface area contributed by atoms with E-state index in [0.717, 1.165) is 17.7 Å². The van der Waals surface area contributed by atoms with E-state index in [1.54, 1.807) is 29.2 Å². The van der Waals surface area contributed by atoms with Gasteiger partial charge in [0, 0.05) is 11.7 Å². The number of aromatic nitrogens is 2. The van der Waals surface area contributed by atoms with E-state index in [9.17, 15) is 9.59 Å². The topological polar surface area (TPSA) is 84.4 Å². The highest BCUT2D eigenvalue weighted by Gasteiger charge is 2.31. The van der Waals surface area contributed by atoms with Crippen LogP contribution in [0.3, 0.4) is 0 Å². The third-order valence-electron chi connectivity index (χ3n) is 4.89. The van der Waals surface area contributed by atoms with E-state index in [0.29, 0.717) is 17.1 Å². The van der Waals surface area contributed by atoms with Gasteiger partial charge < -0.3 is 15.0 Å². The largest absolute Gasteiger partial charge is 0.465 e. The Morgan fingerprint density at radius 1 is 1.07 bits per heavy atom. The minimum absolute atomic E-state index is 0.0615. The molecule has 1 amide bonds. The van der Waals surface area contributed by atoms with Crippen LogP contribution in [0, 0.1) is 0 Å². The summed E-state index contributed by atoms with van der Waals surface area (Å²) in [5.74, 6) is -0.209. The molecule has 146 valence electrons. The maximum absolute atomic E-state index is 13.0. The summed E-state index contributed by atoms with van der Waals surface area (Å²) in [5, 5.41) is 3.05. The zero-order chi connectivity index (χ0) is 20.4. The van der Waals surface area contributed by atoms with Crippen molar-refractivity contribution in [1.82, 2.24) is 9.97 Å². The molecule has 0 spiro atoms. The first kappa shape index (κ1) is 18.6. The van der Waals surface area contributed by atoms with Crippen molar-refractivity contribution in [3.05, 3.63) is 77.7 Å². The van der Waals surface area contributed by atoms with Crippen LogP contribution < -0.4 is 10.2 Å². The fourth-order valence-electron chi connectivity index (χ4n) is 3.52. The zero-order valence-corrected chi connectivity index (χ0v) is 16.1. The predicted octanol–water partition coefficient (Wildman–Crippen LogP) is 3.60. The SMILES string of the molecule is COC(=O)c1ccccc1Nc1cnc(C(=O)N2c3ccccc3CC2C)cn1. The van der Waals surface area contributed by atoms with Crippen LogP contribution in [-0.2, 0) is 11.2 Å². The number of carbonyl (C=O) groups is 2. The van der Waals surface area contributed by atoms with Gasteiger partial charge in [-0.1, -0.05) is 30.3 Å². The Balaban J connectivity index is 1.55. The number of nitrogens with one attached hydrogen (secondary N) is 1. The number of fused-ring (bicyclic) bond motifs is 1. The summed E-state index contributed by atoms with van der Waals surface area (Å²) in [6, 6.07) is 14.9. The van der Waals surface area contributed by atoms with Crippen LogP contribution in [0.1, 0.15) is 33.3 Å². The predicted molar refractivity (Wildman–Crippen MR) is 110 cm³/mol. The summed E-state index contributed by atoms with van der Waals surface area (Å²) < 4.78 is 4.80. The Labute approximate surface area is 168 Å². The first-order valence-electron chi connectivity index (χ1n) is 9.26. The summed E-state index contributed by atoms with van der Waals surface area (Å²) >= 11 is 0. The first-order valence-corrected chi connectivity index (χ1v) is 9.26. The van der Waals surface area contributed by atoms with Gasteiger partial charge in [0.05, 0.1) is 30.8 Å². The van der Waals surface area contributed by atoms with Crippen LogP contribution in [0.15, 0.2) is 60.9 Å². The third-order valence-corrected chi connectivity index (χ3v) is 4.89. The number of esters is 1. The molecule has 1 aliphatic heterocycles. The molecule has 0 aliphatic carbocycles. The lowest BCUT2D eigenvalue weighted by Crippen LogP contribution is -2.36. The Morgan fingerprint density at radius 3 is 2.59 bits per heavy atom. The van der Waals surface area contributed by atoms with Crippen molar-refractivity contribution in [3.8, 4) is 0 Å². The molecule has 2 aromatic carbocycles. The van der Waals surface area contributed by atoms with Crippen LogP contribution in [0.2, 0.25) is 0 Å². The molecule has 0 bridgehead atoms. The normalized spacial score (nSPS) is 15.0. The van der Waals surface area contributed by atoms with Gasteiger partial charge in [-0.05, 0) is 37.1 Å². The molecule has 1 atom stereocenters. The van der Waals surface area contributed by atoms with E-state index in [-0.39, 0.29) is 17.6 Å². The number of hydrogen-bond acceptors (Lipinski definition) is 6. The van der Waals surface area contributed by atoms with Gasteiger partial charge in [0.1, 0.15) is 11.5 Å². The molecule has 0 saturated heterocycles. The molecule has 1 aromatic heterocycles. The Morgan fingerprint density at radius 2 is 1.83 bits per heavy atom. The second kappa shape index (κ2) is 7.71. The third kappa shape index (κ3) is 3.54. The number of carbonyl (C=O) groups excluding carboxylic acids is 2. The lowest BCUT2D eigenvalue weighted by molar-refractivity contribution is 0.0601. The van der Waals surface area contributed by atoms with Crippen LogP contribution in [0.5, 0.6) is 0 Å². The van der Waals surface area contributed by atoms with Crippen LogP contribution >= 0.6 is 0 Å². The quantitative estimate of drug-likeness (QED) is 0.688. The molecule has 0 radical (unpaired) electrons. The molecule has 7 heteroatoms. The summed E-state index contributed by atoms with van der Waals surface area (Å²) in [5.41, 5.74) is 3.27. The first-order chi connectivity index (χ1) is 14.1. The summed E-state index contributed by atoms with van der Waals surface area (Å²) in [4.78, 5) is 35.3. The maximum atomic E-state index is 13.0. The second-order valence-corrected chi connectivity index (χ2v) is 6.81. The van der Waals surface area contributed by atoms with Crippen LogP contribution in [0.25, 0.3) is 0 Å². The Kier molecular flexibility index (Phi) is 4.95. The van der Waals surface area contributed by atoms with Crippen LogP contribution in [0.4, 0.5) is 17.2 Å². The Hall–Kier alpha value is -3.74. The van der Waals surface area contributed by atoms with Gasteiger partial charge in [-0.15, -0.1) is 0 Å². The van der Waals surface area contributed by atoms with Crippen molar-refractivity contribution in [2.24, 2.45) is 0 Å². The fraction of sp³-hybridized carbons (Fsp3) is 0.182. The van der Waals surface area contributed by atoms with Crippen molar-refractivity contribution in [2.75, 3.05) is 17.3 Å². The molecule has 7 nitrogen and oxygen atoms in total. The highest BCUT2D eigenvalue weighted by molar-refractivity contribution is 6.06. The van der Waals surface area contributed by atoms with Crippen molar-refractivity contribution in [1.29, 1.82) is 0 Å². The number of methoxy groups -OCH3 is 1. The number of ether oxygens (including phenoxy) is 1. The van der Waals surface area contributed by atoms with Crippen molar-refractivity contribution in [2.45, 2.75) is 19.4 Å². The van der Waals surface area contributed by atoms with E-state index < -0.39 is 5.97 Å². The van der Waals surface area contributed by atoms with Gasteiger partial charge in [0.25, 0.3) is 5.91 Å². The molecule has 1 aliphatic rings. The molecule has 4 rings (SSSR count). The Bertz CT molecular complexity index is 1070. The second-order valence-electron chi connectivity index (χ2n) is 6.81. The monoisotopic (exact) mass is 388 g/mol. The average Bonchev–Trinajstić information content (AvgIpc) is 3.09. The van der Waals surface area contributed by atoms with E-state index in [1.165, 1.54) is 19.5 Å². The molecule has 29 heavy (non-hydrogen) atoms. The lowest BCUT2D eigenvalue weighted by atomic mass is 10.1. The lowest BCUT2D eigenvalue weighted by Gasteiger charge is -2.22.